The Morgan fingerprint density at radius 1 is 1.17 bits per heavy atom. The van der Waals surface area contributed by atoms with Crippen LogP contribution in [0.25, 0.3) is 0 Å². The molecule has 0 aliphatic carbocycles. The van der Waals surface area contributed by atoms with Crippen LogP contribution in [0, 0.1) is 17.8 Å². The highest BCUT2D eigenvalue weighted by Crippen LogP contribution is 2.66. The van der Waals surface area contributed by atoms with Crippen molar-refractivity contribution in [3.8, 4) is 5.75 Å². The molecule has 9 nitrogen and oxygen atoms in total. The van der Waals surface area contributed by atoms with Crippen molar-refractivity contribution >= 4 is 23.4 Å². The number of amides is 3. The zero-order valence-corrected chi connectivity index (χ0v) is 25.9. The summed E-state index contributed by atoms with van der Waals surface area (Å²) in [6, 6.07) is 5.59. The molecule has 9 heteroatoms. The van der Waals surface area contributed by atoms with E-state index in [0.29, 0.717) is 37.4 Å². The number of anilines is 1. The number of benzene rings is 1. The van der Waals surface area contributed by atoms with Gasteiger partial charge in [0, 0.05) is 24.8 Å². The Balaban J connectivity index is 1.84. The first-order valence-electron chi connectivity index (χ1n) is 15.2. The van der Waals surface area contributed by atoms with Gasteiger partial charge < -0.3 is 29.3 Å². The first kappa shape index (κ1) is 31.8. The van der Waals surface area contributed by atoms with E-state index in [1.807, 2.05) is 65.8 Å². The third-order valence-electron chi connectivity index (χ3n) is 9.60. The number of carbonyl (C=O) groups is 3. The van der Waals surface area contributed by atoms with Gasteiger partial charge in [0.15, 0.2) is 0 Å². The van der Waals surface area contributed by atoms with Crippen LogP contribution in [-0.4, -0.2) is 88.3 Å². The van der Waals surface area contributed by atoms with E-state index in [1.165, 1.54) is 4.90 Å². The molecule has 1 N–H and O–H groups in total. The Morgan fingerprint density at radius 2 is 1.81 bits per heavy atom. The molecule has 4 rings (SSSR count). The van der Waals surface area contributed by atoms with Gasteiger partial charge in [-0.1, -0.05) is 26.0 Å². The van der Waals surface area contributed by atoms with E-state index in [1.54, 1.807) is 22.0 Å². The van der Waals surface area contributed by atoms with Crippen LogP contribution in [0.4, 0.5) is 5.69 Å². The number of hydrogen-bond donors (Lipinski definition) is 1. The minimum absolute atomic E-state index is 0.0993. The summed E-state index contributed by atoms with van der Waals surface area (Å²) in [5.41, 5.74) is -1.50. The SMILES string of the molecule is C=CCN(C(=O)[C@@H]1[C@H]2C(=O)N([C@@H](CC)CO)C(C(=O)N(CC=C)C(C)C)C23CC(C)[C@@]1(C)O3)c1ccc(OCC)cc1. The van der Waals surface area contributed by atoms with E-state index in [9.17, 15) is 19.5 Å². The molecule has 0 aromatic heterocycles. The fourth-order valence-electron chi connectivity index (χ4n) is 7.50. The van der Waals surface area contributed by atoms with Crippen molar-refractivity contribution in [3.05, 3.63) is 49.6 Å². The Labute approximate surface area is 250 Å². The van der Waals surface area contributed by atoms with Crippen molar-refractivity contribution in [1.82, 2.24) is 9.80 Å². The number of nitrogens with zero attached hydrogens (tertiary/aromatic N) is 3. The number of carbonyl (C=O) groups excluding carboxylic acids is 3. The second-order valence-electron chi connectivity index (χ2n) is 12.2. The molecule has 3 heterocycles. The minimum Gasteiger partial charge on any atom is -0.494 e. The van der Waals surface area contributed by atoms with Crippen LogP contribution in [0.1, 0.15) is 54.4 Å². The van der Waals surface area contributed by atoms with Gasteiger partial charge in [-0.15, -0.1) is 13.2 Å². The third-order valence-corrected chi connectivity index (χ3v) is 9.60. The second kappa shape index (κ2) is 12.2. The Morgan fingerprint density at radius 3 is 2.33 bits per heavy atom. The van der Waals surface area contributed by atoms with Gasteiger partial charge in [-0.2, -0.15) is 0 Å². The Bertz CT molecular complexity index is 1200. The highest BCUT2D eigenvalue weighted by atomic mass is 16.5. The number of fused-ring (bicyclic) bond motifs is 1. The van der Waals surface area contributed by atoms with Gasteiger partial charge in [0.25, 0.3) is 0 Å². The number of aliphatic hydroxyl groups excluding tert-OH is 1. The van der Waals surface area contributed by atoms with E-state index in [4.69, 9.17) is 9.47 Å². The predicted molar refractivity (Wildman–Crippen MR) is 162 cm³/mol. The van der Waals surface area contributed by atoms with Gasteiger partial charge in [-0.25, -0.2) is 0 Å². The molecule has 42 heavy (non-hydrogen) atoms. The molecule has 1 aromatic rings. The third kappa shape index (κ3) is 4.84. The average molecular weight is 582 g/mol. The van der Waals surface area contributed by atoms with E-state index in [0.717, 1.165) is 0 Å². The lowest BCUT2D eigenvalue weighted by molar-refractivity contribution is -0.156. The van der Waals surface area contributed by atoms with Crippen LogP contribution in [-0.2, 0) is 19.1 Å². The molecule has 7 atom stereocenters. The predicted octanol–water partition coefficient (Wildman–Crippen LogP) is 3.81. The number of hydrogen-bond acceptors (Lipinski definition) is 6. The average Bonchev–Trinajstić information content (AvgIpc) is 3.47. The first-order valence-corrected chi connectivity index (χ1v) is 15.2. The fraction of sp³-hybridized carbons (Fsp3) is 0.606. The lowest BCUT2D eigenvalue weighted by atomic mass is 9.62. The fourth-order valence-corrected chi connectivity index (χ4v) is 7.50. The van der Waals surface area contributed by atoms with Crippen molar-refractivity contribution in [1.29, 1.82) is 0 Å². The molecule has 3 fully saturated rings. The van der Waals surface area contributed by atoms with Crippen molar-refractivity contribution in [3.63, 3.8) is 0 Å². The lowest BCUT2D eigenvalue weighted by Gasteiger charge is -2.40. The van der Waals surface area contributed by atoms with Crippen molar-refractivity contribution < 1.29 is 29.0 Å². The summed E-state index contributed by atoms with van der Waals surface area (Å²) in [5.74, 6) is -1.90. The summed E-state index contributed by atoms with van der Waals surface area (Å²) in [4.78, 5) is 48.5. The van der Waals surface area contributed by atoms with Gasteiger partial charge in [0.05, 0.1) is 36.7 Å². The van der Waals surface area contributed by atoms with Crippen molar-refractivity contribution in [2.24, 2.45) is 17.8 Å². The van der Waals surface area contributed by atoms with Crippen LogP contribution in [0.2, 0.25) is 0 Å². The van der Waals surface area contributed by atoms with Gasteiger partial charge in [0.1, 0.15) is 17.4 Å². The molecule has 3 aliphatic heterocycles. The highest BCUT2D eigenvalue weighted by Gasteiger charge is 2.80. The van der Waals surface area contributed by atoms with Crippen molar-refractivity contribution in [2.45, 2.75) is 83.7 Å². The smallest absolute Gasteiger partial charge is 0.248 e. The minimum atomic E-state index is -1.20. The van der Waals surface area contributed by atoms with Crippen LogP contribution in [0.3, 0.4) is 0 Å². The zero-order valence-electron chi connectivity index (χ0n) is 25.9. The molecule has 1 spiro atoms. The van der Waals surface area contributed by atoms with Gasteiger partial charge in [0.2, 0.25) is 17.7 Å². The van der Waals surface area contributed by atoms with Gasteiger partial charge in [-0.05, 0) is 70.7 Å². The summed E-state index contributed by atoms with van der Waals surface area (Å²) in [6.07, 6.45) is 4.25. The Hall–Kier alpha value is -3.17. The number of rotatable bonds is 13. The summed E-state index contributed by atoms with van der Waals surface area (Å²) in [5, 5.41) is 10.4. The standard InChI is InChI=1S/C33H47N3O6/c1-9-17-34(21(5)6)31(40)28-33-19-22(7)32(8,42-33)26(27(33)30(39)36(28)23(11-3)20-37)29(38)35(18-10-2)24-13-15-25(16-14-24)41-12-4/h9-10,13-16,21-23,26-28,37H,1-2,11-12,17-20H2,3-8H3/t22?,23-,26-,27-,28?,32+,33?/m0/s1. The number of likely N-dealkylation sites (tertiary alicyclic amines) is 1. The second-order valence-corrected chi connectivity index (χ2v) is 12.2. The normalized spacial score (nSPS) is 30.3. The number of ether oxygens (including phenoxy) is 2. The summed E-state index contributed by atoms with van der Waals surface area (Å²) >= 11 is 0. The summed E-state index contributed by atoms with van der Waals surface area (Å²) in [6.45, 7) is 20.1. The van der Waals surface area contributed by atoms with E-state index in [-0.39, 0.29) is 42.8 Å². The molecule has 3 unspecified atom stereocenters. The number of aliphatic hydroxyl groups is 1. The molecular formula is C33H47N3O6. The van der Waals surface area contributed by atoms with E-state index in [2.05, 4.69) is 13.2 Å². The summed E-state index contributed by atoms with van der Waals surface area (Å²) < 4.78 is 12.5. The topological polar surface area (TPSA) is 99.6 Å². The maximum absolute atomic E-state index is 14.6. The quantitative estimate of drug-likeness (QED) is 0.356. The molecular weight excluding hydrogens is 534 g/mol. The first-order chi connectivity index (χ1) is 20.0. The van der Waals surface area contributed by atoms with E-state index >= 15 is 0 Å². The largest absolute Gasteiger partial charge is 0.494 e. The maximum atomic E-state index is 14.6. The van der Waals surface area contributed by atoms with Gasteiger partial charge >= 0.3 is 0 Å². The molecule has 3 saturated heterocycles. The monoisotopic (exact) mass is 581 g/mol. The molecule has 3 aliphatic rings. The van der Waals surface area contributed by atoms with Crippen LogP contribution in [0.5, 0.6) is 5.75 Å². The molecule has 3 amide bonds. The van der Waals surface area contributed by atoms with Crippen LogP contribution >= 0.6 is 0 Å². The van der Waals surface area contributed by atoms with Crippen LogP contribution < -0.4 is 9.64 Å². The lowest BCUT2D eigenvalue weighted by Crippen LogP contribution is -2.59. The maximum Gasteiger partial charge on any atom is 0.248 e. The Kier molecular flexibility index (Phi) is 9.23. The molecule has 0 saturated carbocycles. The van der Waals surface area contributed by atoms with Gasteiger partial charge in [-0.3, -0.25) is 14.4 Å². The van der Waals surface area contributed by atoms with Crippen LogP contribution in [0.15, 0.2) is 49.6 Å². The van der Waals surface area contributed by atoms with E-state index < -0.39 is 35.1 Å². The molecule has 2 bridgehead atoms. The zero-order chi connectivity index (χ0) is 31.0. The molecule has 1 aromatic carbocycles. The molecule has 0 radical (unpaired) electrons. The van der Waals surface area contributed by atoms with Crippen molar-refractivity contribution in [2.75, 3.05) is 31.2 Å². The highest BCUT2D eigenvalue weighted by molar-refractivity contribution is 6.03. The summed E-state index contributed by atoms with van der Waals surface area (Å²) in [7, 11) is 0. The molecule has 230 valence electrons.